The molecule has 5 rings (SSSR count). The van der Waals surface area contributed by atoms with E-state index >= 15 is 0 Å². The van der Waals surface area contributed by atoms with E-state index in [2.05, 4.69) is 11.1 Å². The van der Waals surface area contributed by atoms with E-state index in [1.807, 2.05) is 24.3 Å². The molecule has 1 amide bonds. The fourth-order valence-electron chi connectivity index (χ4n) is 4.64. The van der Waals surface area contributed by atoms with Gasteiger partial charge in [-0.25, -0.2) is 13.6 Å². The average molecular weight is 439 g/mol. The van der Waals surface area contributed by atoms with E-state index in [1.54, 1.807) is 12.0 Å². The van der Waals surface area contributed by atoms with Gasteiger partial charge in [-0.2, -0.15) is 0 Å². The van der Waals surface area contributed by atoms with E-state index < -0.39 is 40.7 Å². The Morgan fingerprint density at radius 2 is 1.91 bits per heavy atom. The second-order valence-electron chi connectivity index (χ2n) is 8.01. The number of ether oxygens (including phenoxy) is 1. The zero-order chi connectivity index (χ0) is 22.6. The lowest BCUT2D eigenvalue weighted by molar-refractivity contribution is -0.132. The van der Waals surface area contributed by atoms with Gasteiger partial charge >= 0.3 is 5.69 Å². The summed E-state index contributed by atoms with van der Waals surface area (Å²) in [6, 6.07) is 9.30. The highest BCUT2D eigenvalue weighted by molar-refractivity contribution is 5.84. The lowest BCUT2D eigenvalue weighted by atomic mass is 10.00. The second kappa shape index (κ2) is 7.44. The van der Waals surface area contributed by atoms with Crippen molar-refractivity contribution in [3.05, 3.63) is 80.5 Å². The van der Waals surface area contributed by atoms with Crippen molar-refractivity contribution in [1.29, 1.82) is 0 Å². The number of hydrogen-bond acceptors (Lipinski definition) is 4. The van der Waals surface area contributed by atoms with Crippen molar-refractivity contribution < 1.29 is 18.3 Å². The molecule has 1 saturated heterocycles. The number of rotatable bonds is 4. The number of halogens is 2. The average Bonchev–Trinajstić information content (AvgIpc) is 3.40. The minimum atomic E-state index is -1.35. The molecule has 0 radical (unpaired) electrons. The molecule has 7 nitrogen and oxygen atoms in total. The van der Waals surface area contributed by atoms with Crippen LogP contribution >= 0.6 is 0 Å². The highest BCUT2D eigenvalue weighted by Crippen LogP contribution is 2.42. The Bertz CT molecular complexity index is 1390. The van der Waals surface area contributed by atoms with Crippen LogP contribution < -0.4 is 16.0 Å². The van der Waals surface area contributed by atoms with Crippen molar-refractivity contribution in [3.8, 4) is 5.75 Å². The van der Waals surface area contributed by atoms with Gasteiger partial charge in [0.2, 0.25) is 5.91 Å². The minimum Gasteiger partial charge on any atom is -0.497 e. The molecule has 2 heterocycles. The lowest BCUT2D eigenvalue weighted by Crippen LogP contribution is -2.45. The van der Waals surface area contributed by atoms with E-state index in [4.69, 9.17) is 4.74 Å². The topological polar surface area (TPSA) is 84.4 Å². The number of amides is 1. The maximum Gasteiger partial charge on any atom is 0.329 e. The van der Waals surface area contributed by atoms with Crippen molar-refractivity contribution in [2.24, 2.45) is 5.92 Å². The third kappa shape index (κ3) is 3.12. The van der Waals surface area contributed by atoms with Crippen molar-refractivity contribution in [2.75, 3.05) is 13.7 Å². The number of nitrogens with one attached hydrogen (secondary N) is 1. The summed E-state index contributed by atoms with van der Waals surface area (Å²) >= 11 is 0. The Balaban J connectivity index is 1.44. The third-order valence-electron chi connectivity index (χ3n) is 6.19. The van der Waals surface area contributed by atoms with Gasteiger partial charge in [-0.1, -0.05) is 18.2 Å². The van der Waals surface area contributed by atoms with Gasteiger partial charge in [-0.15, -0.1) is 0 Å². The zero-order valence-electron chi connectivity index (χ0n) is 17.1. The number of carbonyl (C=O) groups is 1. The second-order valence-corrected chi connectivity index (χ2v) is 8.01. The van der Waals surface area contributed by atoms with E-state index in [1.165, 1.54) is 0 Å². The molecule has 2 atom stereocenters. The van der Waals surface area contributed by atoms with Gasteiger partial charge in [0, 0.05) is 6.54 Å². The molecule has 2 aromatic carbocycles. The van der Waals surface area contributed by atoms with Crippen molar-refractivity contribution >= 4 is 22.4 Å². The number of aromatic nitrogens is 2. The molecule has 0 spiro atoms. The number of benzene rings is 2. The van der Waals surface area contributed by atoms with Crippen LogP contribution in [0.2, 0.25) is 0 Å². The van der Waals surface area contributed by atoms with Crippen LogP contribution in [0.1, 0.15) is 12.0 Å². The molecule has 1 aliphatic carbocycles. The largest absolute Gasteiger partial charge is 0.497 e. The standard InChI is InChI=1S/C23H19F2N3O4/c1-32-14-4-2-13(3-5-14)15-8-12-9-18(15)27(10-12)19(29)11-28-22(30)20-17(26-23(28)31)7-6-16(24)21(20)25/h2-8,12,18H,9-11H2,1H3,(H,26,31)/t12-,18-/m0/s1. The molecule has 32 heavy (non-hydrogen) atoms. The summed E-state index contributed by atoms with van der Waals surface area (Å²) in [5.74, 6) is -2.08. The summed E-state index contributed by atoms with van der Waals surface area (Å²) in [5, 5.41) is -0.584. The highest BCUT2D eigenvalue weighted by atomic mass is 19.2. The predicted octanol–water partition coefficient (Wildman–Crippen LogP) is 2.29. The number of carbonyl (C=O) groups excluding carboxylic acids is 1. The van der Waals surface area contributed by atoms with Crippen molar-refractivity contribution in [1.82, 2.24) is 14.5 Å². The third-order valence-corrected chi connectivity index (χ3v) is 6.19. The Hall–Kier alpha value is -3.75. The normalized spacial score (nSPS) is 19.5. The van der Waals surface area contributed by atoms with Crippen molar-refractivity contribution in [2.45, 2.75) is 19.0 Å². The van der Waals surface area contributed by atoms with Crippen molar-refractivity contribution in [3.63, 3.8) is 0 Å². The highest BCUT2D eigenvalue weighted by Gasteiger charge is 2.42. The minimum absolute atomic E-state index is 0.118. The summed E-state index contributed by atoms with van der Waals surface area (Å²) in [5.41, 5.74) is -0.0340. The number of H-pyrrole nitrogens is 1. The molecule has 3 aromatic rings. The Labute approximate surface area is 180 Å². The first-order valence-corrected chi connectivity index (χ1v) is 10.1. The molecule has 0 unspecified atom stereocenters. The monoisotopic (exact) mass is 439 g/mol. The van der Waals surface area contributed by atoms with Gasteiger partial charge in [0.1, 0.15) is 17.7 Å². The molecular formula is C23H19F2N3O4. The van der Waals surface area contributed by atoms with Crippen LogP contribution in [0, 0.1) is 17.6 Å². The quantitative estimate of drug-likeness (QED) is 0.676. The molecule has 2 aliphatic rings. The molecule has 1 aromatic heterocycles. The number of aromatic amines is 1. The number of fused-ring (bicyclic) bond motifs is 3. The first-order chi connectivity index (χ1) is 15.4. The summed E-state index contributed by atoms with van der Waals surface area (Å²) in [6.07, 6.45) is 2.90. The summed E-state index contributed by atoms with van der Waals surface area (Å²) in [6.45, 7) is -0.0778. The smallest absolute Gasteiger partial charge is 0.329 e. The van der Waals surface area contributed by atoms with Gasteiger partial charge < -0.3 is 14.6 Å². The first-order valence-electron chi connectivity index (χ1n) is 10.1. The maximum atomic E-state index is 14.2. The molecule has 9 heteroatoms. The first kappa shape index (κ1) is 20.2. The SMILES string of the molecule is COc1ccc(C2=C[C@H]3C[C@@H]2N(C(=O)Cn2c(=O)[nH]c4ccc(F)c(F)c4c2=O)C3)cc1. The number of nitrogens with zero attached hydrogens (tertiary/aromatic N) is 2. The molecule has 2 bridgehead atoms. The Kier molecular flexibility index (Phi) is 4.69. The van der Waals surface area contributed by atoms with E-state index in [0.29, 0.717) is 11.1 Å². The van der Waals surface area contributed by atoms with Crippen LogP contribution in [-0.4, -0.2) is 40.1 Å². The summed E-state index contributed by atoms with van der Waals surface area (Å²) in [7, 11) is 1.59. The number of methoxy groups -OCH3 is 1. The zero-order valence-corrected chi connectivity index (χ0v) is 17.1. The van der Waals surface area contributed by atoms with Gasteiger partial charge in [0.15, 0.2) is 11.6 Å². The lowest BCUT2D eigenvalue weighted by Gasteiger charge is -2.29. The van der Waals surface area contributed by atoms with Gasteiger partial charge in [-0.3, -0.25) is 14.2 Å². The fourth-order valence-corrected chi connectivity index (χ4v) is 4.64. The van der Waals surface area contributed by atoms with E-state index in [0.717, 1.165) is 35.4 Å². The maximum absolute atomic E-state index is 14.2. The molecule has 0 saturated carbocycles. The van der Waals surface area contributed by atoms with Crippen LogP contribution in [0.25, 0.3) is 16.5 Å². The van der Waals surface area contributed by atoms with Gasteiger partial charge in [-0.05, 0) is 47.7 Å². The molecule has 1 fully saturated rings. The fraction of sp³-hybridized carbons (Fsp3) is 0.261. The number of hydrogen-bond donors (Lipinski definition) is 1. The molecular weight excluding hydrogens is 420 g/mol. The van der Waals surface area contributed by atoms with Gasteiger partial charge in [0.05, 0.1) is 18.7 Å². The van der Waals surface area contributed by atoms with Gasteiger partial charge in [0.25, 0.3) is 5.56 Å². The van der Waals surface area contributed by atoms with Crippen LogP contribution in [-0.2, 0) is 11.3 Å². The number of likely N-dealkylation sites (tertiary alicyclic amines) is 1. The summed E-state index contributed by atoms with van der Waals surface area (Å²) in [4.78, 5) is 42.2. The Morgan fingerprint density at radius 1 is 1.16 bits per heavy atom. The molecule has 1 N–H and O–H groups in total. The van der Waals surface area contributed by atoms with Crippen LogP contribution in [0.3, 0.4) is 0 Å². The van der Waals surface area contributed by atoms with Crippen LogP contribution in [0.5, 0.6) is 5.75 Å². The molecule has 1 aliphatic heterocycles. The van der Waals surface area contributed by atoms with E-state index in [-0.39, 0.29) is 17.5 Å². The van der Waals surface area contributed by atoms with Crippen LogP contribution in [0.15, 0.2) is 52.1 Å². The molecule has 164 valence electrons. The Morgan fingerprint density at radius 3 is 2.59 bits per heavy atom. The summed E-state index contributed by atoms with van der Waals surface area (Å²) < 4.78 is 33.6. The predicted molar refractivity (Wildman–Crippen MR) is 113 cm³/mol. The van der Waals surface area contributed by atoms with E-state index in [9.17, 15) is 23.2 Å². The van der Waals surface area contributed by atoms with Crippen LogP contribution in [0.4, 0.5) is 8.78 Å².